The molecule has 0 aromatic heterocycles. The van der Waals surface area contributed by atoms with E-state index < -0.39 is 0 Å². The number of carbonyl (C=O) groups excluding carboxylic acids is 2. The summed E-state index contributed by atoms with van der Waals surface area (Å²) in [6.45, 7) is 4.98. The lowest BCUT2D eigenvalue weighted by molar-refractivity contribution is -0.130. The van der Waals surface area contributed by atoms with Gasteiger partial charge in [0.15, 0.2) is 0 Å². The first-order chi connectivity index (χ1) is 13.6. The Morgan fingerprint density at radius 2 is 1.82 bits per heavy atom. The molecular weight excluding hydrogens is 378 g/mol. The molecule has 1 aliphatic heterocycles. The molecule has 1 heterocycles. The van der Waals surface area contributed by atoms with Gasteiger partial charge >= 0.3 is 0 Å². The molecule has 1 N–H and O–H groups in total. The zero-order valence-electron chi connectivity index (χ0n) is 15.9. The van der Waals surface area contributed by atoms with Gasteiger partial charge in [-0.05, 0) is 37.3 Å². The number of hydrogen-bond donors (Lipinski definition) is 1. The van der Waals surface area contributed by atoms with Crippen LogP contribution in [0.1, 0.15) is 17.3 Å². The van der Waals surface area contributed by atoms with Gasteiger partial charge in [-0.1, -0.05) is 29.8 Å². The second kappa shape index (κ2) is 9.46. The topological polar surface area (TPSA) is 61.9 Å². The first-order valence-corrected chi connectivity index (χ1v) is 9.74. The van der Waals surface area contributed by atoms with Crippen LogP contribution in [0.15, 0.2) is 48.5 Å². The third-order valence-electron chi connectivity index (χ3n) is 4.64. The maximum atomic E-state index is 12.5. The largest absolute Gasteiger partial charge is 0.493 e. The summed E-state index contributed by atoms with van der Waals surface area (Å²) in [6, 6.07) is 14.7. The van der Waals surface area contributed by atoms with Crippen LogP contribution in [0.3, 0.4) is 0 Å². The smallest absolute Gasteiger partial charge is 0.255 e. The van der Waals surface area contributed by atoms with E-state index in [9.17, 15) is 9.59 Å². The van der Waals surface area contributed by atoms with Gasteiger partial charge in [-0.3, -0.25) is 9.59 Å². The predicted molar refractivity (Wildman–Crippen MR) is 110 cm³/mol. The summed E-state index contributed by atoms with van der Waals surface area (Å²) in [7, 11) is 0. The number of rotatable bonds is 6. The minimum absolute atomic E-state index is 0.0313. The Labute approximate surface area is 170 Å². The lowest BCUT2D eigenvalue weighted by Crippen LogP contribution is -2.51. The molecule has 0 atom stereocenters. The fraction of sp³-hybridized carbons (Fsp3) is 0.333. The van der Waals surface area contributed by atoms with E-state index in [1.165, 1.54) is 0 Å². The van der Waals surface area contributed by atoms with Gasteiger partial charge in [0, 0.05) is 36.9 Å². The van der Waals surface area contributed by atoms with Crippen molar-refractivity contribution in [1.82, 2.24) is 10.2 Å². The minimum atomic E-state index is -0.310. The van der Waals surface area contributed by atoms with E-state index >= 15 is 0 Å². The third kappa shape index (κ3) is 4.95. The molecular formula is C21H24ClN3O3. The summed E-state index contributed by atoms with van der Waals surface area (Å²) in [5.41, 5.74) is 1.49. The summed E-state index contributed by atoms with van der Waals surface area (Å²) in [5, 5.41) is 3.40. The molecule has 1 fully saturated rings. The zero-order valence-corrected chi connectivity index (χ0v) is 16.6. The molecule has 2 amide bonds. The molecule has 7 heteroatoms. The normalized spacial score (nSPS) is 13.9. The molecule has 1 aliphatic rings. The number of piperazine rings is 1. The van der Waals surface area contributed by atoms with Crippen LogP contribution in [0.4, 0.5) is 5.69 Å². The van der Waals surface area contributed by atoms with E-state index in [4.69, 9.17) is 16.3 Å². The van der Waals surface area contributed by atoms with Gasteiger partial charge in [0.05, 0.1) is 18.7 Å². The summed E-state index contributed by atoms with van der Waals surface area (Å²) >= 11 is 6.06. The second-order valence-corrected chi connectivity index (χ2v) is 6.90. The lowest BCUT2D eigenvalue weighted by Gasteiger charge is -2.36. The Morgan fingerprint density at radius 3 is 2.54 bits per heavy atom. The van der Waals surface area contributed by atoms with Crippen molar-refractivity contribution in [2.24, 2.45) is 0 Å². The maximum Gasteiger partial charge on any atom is 0.255 e. The van der Waals surface area contributed by atoms with Gasteiger partial charge in [0.25, 0.3) is 5.91 Å². The SMILES string of the molecule is CCOc1ccccc1C(=O)NCC(=O)N1CCN(c2cccc(Cl)c2)CC1. The van der Waals surface area contributed by atoms with E-state index in [0.29, 0.717) is 36.0 Å². The highest BCUT2D eigenvalue weighted by Crippen LogP contribution is 2.21. The summed E-state index contributed by atoms with van der Waals surface area (Å²) in [5.74, 6) is 0.119. The highest BCUT2D eigenvalue weighted by Gasteiger charge is 2.22. The molecule has 2 aromatic rings. The zero-order chi connectivity index (χ0) is 19.9. The van der Waals surface area contributed by atoms with Crippen LogP contribution in [0.2, 0.25) is 5.02 Å². The van der Waals surface area contributed by atoms with E-state index in [0.717, 1.165) is 18.8 Å². The molecule has 0 bridgehead atoms. The standard InChI is InChI=1S/C21H24ClN3O3/c1-2-28-19-9-4-3-8-18(19)21(27)23-15-20(26)25-12-10-24(11-13-25)17-7-5-6-16(22)14-17/h3-9,14H,2,10-13,15H2,1H3,(H,23,27). The van der Waals surface area contributed by atoms with E-state index in [1.807, 2.05) is 37.3 Å². The maximum absolute atomic E-state index is 12.5. The van der Waals surface area contributed by atoms with E-state index in [-0.39, 0.29) is 18.4 Å². The number of nitrogens with zero attached hydrogens (tertiary/aromatic N) is 2. The molecule has 0 saturated carbocycles. The number of amides is 2. The summed E-state index contributed by atoms with van der Waals surface area (Å²) in [4.78, 5) is 28.9. The van der Waals surface area contributed by atoms with Crippen LogP contribution in [-0.4, -0.2) is 56.0 Å². The highest BCUT2D eigenvalue weighted by atomic mass is 35.5. The lowest BCUT2D eigenvalue weighted by atomic mass is 10.2. The molecule has 0 radical (unpaired) electrons. The van der Waals surface area contributed by atoms with Gasteiger partial charge in [0.1, 0.15) is 5.75 Å². The van der Waals surface area contributed by atoms with Crippen LogP contribution in [0.25, 0.3) is 0 Å². The van der Waals surface area contributed by atoms with Crippen LogP contribution < -0.4 is 15.0 Å². The second-order valence-electron chi connectivity index (χ2n) is 6.46. The van der Waals surface area contributed by atoms with Gasteiger partial charge in [-0.2, -0.15) is 0 Å². The molecule has 0 unspecified atom stereocenters. The Bertz CT molecular complexity index is 835. The van der Waals surface area contributed by atoms with Crippen molar-refractivity contribution in [3.05, 3.63) is 59.1 Å². The Kier molecular flexibility index (Phi) is 6.76. The van der Waals surface area contributed by atoms with Crippen LogP contribution in [0, 0.1) is 0 Å². The predicted octanol–water partition coefficient (Wildman–Crippen LogP) is 2.82. The number of benzene rings is 2. The summed E-state index contributed by atoms with van der Waals surface area (Å²) in [6.07, 6.45) is 0. The number of halogens is 1. The van der Waals surface area contributed by atoms with Crippen molar-refractivity contribution in [2.75, 3.05) is 44.2 Å². The van der Waals surface area contributed by atoms with Crippen molar-refractivity contribution in [3.63, 3.8) is 0 Å². The quantitative estimate of drug-likeness (QED) is 0.808. The van der Waals surface area contributed by atoms with E-state index in [2.05, 4.69) is 10.2 Å². The highest BCUT2D eigenvalue weighted by molar-refractivity contribution is 6.30. The average Bonchev–Trinajstić information content (AvgIpc) is 2.72. The Hall–Kier alpha value is -2.73. The molecule has 0 spiro atoms. The molecule has 0 aliphatic carbocycles. The minimum Gasteiger partial charge on any atom is -0.493 e. The first kappa shape index (κ1) is 20.0. The monoisotopic (exact) mass is 401 g/mol. The van der Waals surface area contributed by atoms with Crippen LogP contribution >= 0.6 is 11.6 Å². The number of carbonyl (C=O) groups is 2. The molecule has 1 saturated heterocycles. The number of anilines is 1. The third-order valence-corrected chi connectivity index (χ3v) is 4.87. The molecule has 6 nitrogen and oxygen atoms in total. The van der Waals surface area contributed by atoms with Gasteiger partial charge in [-0.25, -0.2) is 0 Å². The van der Waals surface area contributed by atoms with Crippen molar-refractivity contribution in [1.29, 1.82) is 0 Å². The van der Waals surface area contributed by atoms with Crippen molar-refractivity contribution in [3.8, 4) is 5.75 Å². The average molecular weight is 402 g/mol. The van der Waals surface area contributed by atoms with Gasteiger partial charge in [-0.15, -0.1) is 0 Å². The Balaban J connectivity index is 1.50. The first-order valence-electron chi connectivity index (χ1n) is 9.37. The number of para-hydroxylation sites is 1. The summed E-state index contributed by atoms with van der Waals surface area (Å²) < 4.78 is 5.47. The van der Waals surface area contributed by atoms with Gasteiger partial charge < -0.3 is 19.9 Å². The fourth-order valence-electron chi connectivity index (χ4n) is 3.19. The number of hydrogen-bond acceptors (Lipinski definition) is 4. The molecule has 28 heavy (non-hydrogen) atoms. The fourth-order valence-corrected chi connectivity index (χ4v) is 3.37. The molecule has 3 rings (SSSR count). The molecule has 2 aromatic carbocycles. The van der Waals surface area contributed by atoms with Gasteiger partial charge in [0.2, 0.25) is 5.91 Å². The number of nitrogens with one attached hydrogen (secondary N) is 1. The van der Waals surface area contributed by atoms with E-state index in [1.54, 1.807) is 23.1 Å². The molecule has 148 valence electrons. The van der Waals surface area contributed by atoms with Crippen molar-refractivity contribution >= 4 is 29.1 Å². The number of ether oxygens (including phenoxy) is 1. The van der Waals surface area contributed by atoms with Crippen molar-refractivity contribution < 1.29 is 14.3 Å². The Morgan fingerprint density at radius 1 is 1.07 bits per heavy atom. The van der Waals surface area contributed by atoms with Crippen molar-refractivity contribution in [2.45, 2.75) is 6.92 Å². The van der Waals surface area contributed by atoms with Crippen LogP contribution in [0.5, 0.6) is 5.75 Å². The van der Waals surface area contributed by atoms with Crippen LogP contribution in [-0.2, 0) is 4.79 Å².